The molecule has 3 aromatic rings. The molecule has 156 valence electrons. The first kappa shape index (κ1) is 20.1. The fraction of sp³-hybridized carbons (Fsp3) is 0.348. The molecular weight excluding hydrogens is 380 g/mol. The summed E-state index contributed by atoms with van der Waals surface area (Å²) in [5, 5.41) is 5.74. The highest BCUT2D eigenvalue weighted by Crippen LogP contribution is 2.17. The van der Waals surface area contributed by atoms with Gasteiger partial charge in [0.1, 0.15) is 6.54 Å². The number of rotatable bonds is 5. The number of hydrogen-bond donors (Lipinski definition) is 0. The van der Waals surface area contributed by atoms with E-state index in [9.17, 15) is 9.59 Å². The molecule has 0 saturated carbocycles. The molecule has 0 unspecified atom stereocenters. The van der Waals surface area contributed by atoms with Gasteiger partial charge in [0.25, 0.3) is 5.56 Å². The summed E-state index contributed by atoms with van der Waals surface area (Å²) in [4.78, 5) is 29.4. The van der Waals surface area contributed by atoms with Crippen molar-refractivity contribution < 1.29 is 9.53 Å². The second-order valence-corrected chi connectivity index (χ2v) is 7.61. The number of morpholine rings is 1. The van der Waals surface area contributed by atoms with Crippen LogP contribution in [0.25, 0.3) is 10.8 Å². The smallest absolute Gasteiger partial charge is 0.275 e. The van der Waals surface area contributed by atoms with Crippen LogP contribution >= 0.6 is 0 Å². The predicted octanol–water partition coefficient (Wildman–Crippen LogP) is 2.20. The summed E-state index contributed by atoms with van der Waals surface area (Å²) in [5.74, 6) is -0.156. The molecule has 1 saturated heterocycles. The monoisotopic (exact) mass is 406 g/mol. The zero-order valence-electron chi connectivity index (χ0n) is 17.4. The van der Waals surface area contributed by atoms with Crippen LogP contribution in [0.2, 0.25) is 0 Å². The van der Waals surface area contributed by atoms with Crippen LogP contribution < -0.4 is 10.5 Å². The Morgan fingerprint density at radius 2 is 1.73 bits per heavy atom. The van der Waals surface area contributed by atoms with Crippen LogP contribution in [-0.4, -0.2) is 53.9 Å². The van der Waals surface area contributed by atoms with Crippen LogP contribution in [0.1, 0.15) is 11.3 Å². The van der Waals surface area contributed by atoms with Crippen LogP contribution in [0, 0.1) is 6.92 Å². The molecule has 1 aromatic heterocycles. The summed E-state index contributed by atoms with van der Waals surface area (Å²) in [6.07, 6.45) is 0. The number of nitrogens with zero attached hydrogens (tertiary/aromatic N) is 4. The molecule has 2 aromatic carbocycles. The summed E-state index contributed by atoms with van der Waals surface area (Å²) in [7, 11) is 1.75. The van der Waals surface area contributed by atoms with Crippen molar-refractivity contribution in [3.63, 3.8) is 0 Å². The van der Waals surface area contributed by atoms with E-state index in [2.05, 4.69) is 22.1 Å². The first-order valence-electron chi connectivity index (χ1n) is 10.1. The third-order valence-corrected chi connectivity index (χ3v) is 5.50. The van der Waals surface area contributed by atoms with E-state index in [0.29, 0.717) is 11.9 Å². The Labute approximate surface area is 175 Å². The normalized spacial score (nSPS) is 14.1. The van der Waals surface area contributed by atoms with Gasteiger partial charge in [0, 0.05) is 37.8 Å². The molecule has 0 N–H and O–H groups in total. The van der Waals surface area contributed by atoms with E-state index in [4.69, 9.17) is 4.74 Å². The molecule has 30 heavy (non-hydrogen) atoms. The highest BCUT2D eigenvalue weighted by molar-refractivity contribution is 5.83. The first-order valence-corrected chi connectivity index (χ1v) is 10.1. The minimum atomic E-state index is -0.243. The maximum Gasteiger partial charge on any atom is 0.275 e. The number of aryl methyl sites for hydroxylation is 1. The Morgan fingerprint density at radius 3 is 2.43 bits per heavy atom. The van der Waals surface area contributed by atoms with E-state index in [1.165, 1.54) is 10.4 Å². The Balaban J connectivity index is 1.43. The largest absolute Gasteiger partial charge is 0.378 e. The van der Waals surface area contributed by atoms with Crippen molar-refractivity contribution in [2.24, 2.45) is 0 Å². The van der Waals surface area contributed by atoms with Gasteiger partial charge < -0.3 is 14.5 Å². The fourth-order valence-corrected chi connectivity index (χ4v) is 3.76. The van der Waals surface area contributed by atoms with Crippen molar-refractivity contribution >= 4 is 22.4 Å². The van der Waals surface area contributed by atoms with Gasteiger partial charge in [-0.25, -0.2) is 4.68 Å². The number of amides is 1. The number of anilines is 1. The SMILES string of the molecule is Cc1nn(CC(=O)N(C)Cc2ccc(N3CCOCC3)cc2)c(=O)c2ccccc12. The van der Waals surface area contributed by atoms with Gasteiger partial charge >= 0.3 is 0 Å². The van der Waals surface area contributed by atoms with Gasteiger partial charge in [-0.2, -0.15) is 5.10 Å². The molecule has 0 spiro atoms. The third kappa shape index (κ3) is 4.21. The van der Waals surface area contributed by atoms with Crippen molar-refractivity contribution in [2.75, 3.05) is 38.3 Å². The van der Waals surface area contributed by atoms with Gasteiger partial charge in [0.15, 0.2) is 0 Å². The number of benzene rings is 2. The zero-order valence-corrected chi connectivity index (χ0v) is 17.4. The summed E-state index contributed by atoms with van der Waals surface area (Å²) in [6, 6.07) is 15.6. The average molecular weight is 406 g/mol. The molecule has 1 amide bonds. The summed E-state index contributed by atoms with van der Waals surface area (Å²) in [6.45, 7) is 5.54. The number of likely N-dealkylation sites (N-methyl/N-ethyl adjacent to an activating group) is 1. The molecule has 1 aliphatic heterocycles. The summed E-state index contributed by atoms with van der Waals surface area (Å²) < 4.78 is 6.66. The lowest BCUT2D eigenvalue weighted by Gasteiger charge is -2.29. The third-order valence-electron chi connectivity index (χ3n) is 5.50. The predicted molar refractivity (Wildman–Crippen MR) is 117 cm³/mol. The fourth-order valence-electron chi connectivity index (χ4n) is 3.76. The topological polar surface area (TPSA) is 67.7 Å². The molecule has 2 heterocycles. The van der Waals surface area contributed by atoms with Crippen LogP contribution in [0.5, 0.6) is 0 Å². The summed E-state index contributed by atoms with van der Waals surface area (Å²) >= 11 is 0. The standard InChI is InChI=1S/C23H26N4O3/c1-17-20-5-3-4-6-21(20)23(29)27(24-17)16-22(28)25(2)15-18-7-9-19(10-8-18)26-11-13-30-14-12-26/h3-10H,11-16H2,1-2H3. The van der Waals surface area contributed by atoms with E-state index < -0.39 is 0 Å². The van der Waals surface area contributed by atoms with Crippen LogP contribution in [0.3, 0.4) is 0 Å². The van der Waals surface area contributed by atoms with Crippen molar-refractivity contribution in [1.29, 1.82) is 0 Å². The molecule has 1 fully saturated rings. The minimum absolute atomic E-state index is 0.0765. The van der Waals surface area contributed by atoms with Gasteiger partial charge in [-0.15, -0.1) is 0 Å². The number of carbonyl (C=O) groups excluding carboxylic acids is 1. The molecule has 0 atom stereocenters. The number of fused-ring (bicyclic) bond motifs is 1. The maximum absolute atomic E-state index is 12.7. The van der Waals surface area contributed by atoms with E-state index in [0.717, 1.165) is 42.9 Å². The minimum Gasteiger partial charge on any atom is -0.378 e. The van der Waals surface area contributed by atoms with E-state index in [1.54, 1.807) is 18.0 Å². The van der Waals surface area contributed by atoms with Gasteiger partial charge in [-0.1, -0.05) is 30.3 Å². The number of carbonyl (C=O) groups is 1. The number of ether oxygens (including phenoxy) is 1. The van der Waals surface area contributed by atoms with E-state index in [-0.39, 0.29) is 18.0 Å². The van der Waals surface area contributed by atoms with Gasteiger partial charge in [0.05, 0.1) is 24.3 Å². The maximum atomic E-state index is 12.7. The molecule has 4 rings (SSSR count). The number of hydrogen-bond acceptors (Lipinski definition) is 5. The first-order chi connectivity index (χ1) is 14.5. The second kappa shape index (κ2) is 8.67. The molecular formula is C23H26N4O3. The second-order valence-electron chi connectivity index (χ2n) is 7.61. The van der Waals surface area contributed by atoms with Gasteiger partial charge in [0.2, 0.25) is 5.91 Å². The van der Waals surface area contributed by atoms with Crippen molar-refractivity contribution in [3.8, 4) is 0 Å². The Kier molecular flexibility index (Phi) is 5.81. The lowest BCUT2D eigenvalue weighted by molar-refractivity contribution is -0.131. The number of aromatic nitrogens is 2. The Bertz CT molecular complexity index is 1100. The average Bonchev–Trinajstić information content (AvgIpc) is 2.78. The Morgan fingerprint density at radius 1 is 1.07 bits per heavy atom. The molecule has 7 nitrogen and oxygen atoms in total. The Hall–Kier alpha value is -3.19. The van der Waals surface area contributed by atoms with Crippen LogP contribution in [0.15, 0.2) is 53.3 Å². The van der Waals surface area contributed by atoms with Crippen LogP contribution in [-0.2, 0) is 22.6 Å². The van der Waals surface area contributed by atoms with Crippen molar-refractivity contribution in [3.05, 3.63) is 70.1 Å². The summed E-state index contributed by atoms with van der Waals surface area (Å²) in [5.41, 5.74) is 2.70. The van der Waals surface area contributed by atoms with Crippen LogP contribution in [0.4, 0.5) is 5.69 Å². The van der Waals surface area contributed by atoms with Crippen molar-refractivity contribution in [1.82, 2.24) is 14.7 Å². The zero-order chi connectivity index (χ0) is 21.1. The molecule has 0 aliphatic carbocycles. The molecule has 1 aliphatic rings. The quantitative estimate of drug-likeness (QED) is 0.650. The molecule has 0 bridgehead atoms. The van der Waals surface area contributed by atoms with Gasteiger partial charge in [-0.3, -0.25) is 9.59 Å². The highest BCUT2D eigenvalue weighted by Gasteiger charge is 2.15. The highest BCUT2D eigenvalue weighted by atomic mass is 16.5. The molecule has 0 radical (unpaired) electrons. The van der Waals surface area contributed by atoms with Gasteiger partial charge in [-0.05, 0) is 30.7 Å². The lowest BCUT2D eigenvalue weighted by atomic mass is 10.1. The van der Waals surface area contributed by atoms with E-state index in [1.807, 2.05) is 37.3 Å². The molecule has 7 heteroatoms. The van der Waals surface area contributed by atoms with Crippen molar-refractivity contribution in [2.45, 2.75) is 20.0 Å². The van der Waals surface area contributed by atoms with E-state index >= 15 is 0 Å². The lowest BCUT2D eigenvalue weighted by Crippen LogP contribution is -2.36.